The van der Waals surface area contributed by atoms with Crippen LogP contribution in [0.5, 0.6) is 0 Å². The summed E-state index contributed by atoms with van der Waals surface area (Å²) in [6.45, 7) is 0.592. The van der Waals surface area contributed by atoms with Crippen LogP contribution in [0.2, 0.25) is 5.28 Å². The Bertz CT molecular complexity index is 434. The third-order valence-corrected chi connectivity index (χ3v) is 3.09. The van der Waals surface area contributed by atoms with Gasteiger partial charge < -0.3 is 4.90 Å². The average molecular weight is 258 g/mol. The normalized spacial score (nSPS) is 13.9. The van der Waals surface area contributed by atoms with Crippen LogP contribution in [0.3, 0.4) is 0 Å². The van der Waals surface area contributed by atoms with E-state index < -0.39 is 0 Å². The van der Waals surface area contributed by atoms with Gasteiger partial charge in [-0.05, 0) is 11.6 Å². The maximum Gasteiger partial charge on any atom is 0.226 e. The van der Waals surface area contributed by atoms with Crippen LogP contribution in [-0.4, -0.2) is 43.2 Å². The van der Waals surface area contributed by atoms with Gasteiger partial charge in [-0.15, -0.1) is 0 Å². The van der Waals surface area contributed by atoms with Crippen molar-refractivity contribution < 1.29 is 0 Å². The lowest BCUT2D eigenvalue weighted by atomic mass is 10.2. The van der Waals surface area contributed by atoms with E-state index >= 15 is 0 Å². The van der Waals surface area contributed by atoms with Gasteiger partial charge in [0.25, 0.3) is 0 Å². The average Bonchev–Trinajstić information content (AvgIpc) is 2.27. The first-order valence-electron chi connectivity index (χ1n) is 4.70. The fourth-order valence-corrected chi connectivity index (χ4v) is 2.14. The molecule has 1 aromatic rings. The van der Waals surface area contributed by atoms with Crippen molar-refractivity contribution in [3.8, 4) is 0 Å². The topological polar surface area (TPSA) is 44.6 Å². The van der Waals surface area contributed by atoms with Crippen LogP contribution < -0.4 is 9.21 Å². The molecule has 0 saturated carbocycles. The van der Waals surface area contributed by atoms with Crippen molar-refractivity contribution in [2.45, 2.75) is 0 Å². The lowest BCUT2D eigenvalue weighted by Gasteiger charge is -2.26. The molecule has 1 aromatic heterocycles. The summed E-state index contributed by atoms with van der Waals surface area (Å²) < 4.78 is 1.98. The second-order valence-electron chi connectivity index (χ2n) is 3.46. The Morgan fingerprint density at radius 2 is 2.19 bits per heavy atom. The van der Waals surface area contributed by atoms with Crippen molar-refractivity contribution >= 4 is 41.4 Å². The number of aliphatic imine (C=N–C) groups is 1. The molecule has 86 valence electrons. The molecule has 2 heterocycles. The zero-order valence-electron chi connectivity index (χ0n) is 9.31. The van der Waals surface area contributed by atoms with E-state index in [1.165, 1.54) is 0 Å². The molecule has 0 fully saturated rings. The van der Waals surface area contributed by atoms with Gasteiger partial charge in [-0.25, -0.2) is 0 Å². The van der Waals surface area contributed by atoms with Crippen LogP contribution >= 0.6 is 23.5 Å². The van der Waals surface area contributed by atoms with Gasteiger partial charge in [0, 0.05) is 26.6 Å². The van der Waals surface area contributed by atoms with Crippen molar-refractivity contribution in [1.29, 1.82) is 0 Å². The van der Waals surface area contributed by atoms with Crippen LogP contribution in [0.4, 0.5) is 11.6 Å². The molecule has 0 N–H and O–H groups in total. The smallest absolute Gasteiger partial charge is 0.226 e. The summed E-state index contributed by atoms with van der Waals surface area (Å²) in [5.74, 6) is 1.61. The van der Waals surface area contributed by atoms with E-state index in [0.717, 1.165) is 17.2 Å². The summed E-state index contributed by atoms with van der Waals surface area (Å²) in [5.41, 5.74) is 0.912. The monoisotopic (exact) mass is 257 g/mol. The summed E-state index contributed by atoms with van der Waals surface area (Å²) in [6.07, 6.45) is 3.78. The van der Waals surface area contributed by atoms with Gasteiger partial charge in [0.05, 0.1) is 5.56 Å². The van der Waals surface area contributed by atoms with Crippen LogP contribution in [0.1, 0.15) is 5.56 Å². The molecule has 1 aliphatic rings. The van der Waals surface area contributed by atoms with Gasteiger partial charge in [-0.2, -0.15) is 9.97 Å². The standard InChI is InChI=1S/C9H12ClN5S/c1-14(2)7-6-4-11-5-15(16-3)8(6)13-9(10)12-7/h4H,5H2,1-3H3. The summed E-state index contributed by atoms with van der Waals surface area (Å²) in [4.78, 5) is 14.6. The van der Waals surface area contributed by atoms with Crippen LogP contribution in [0.25, 0.3) is 0 Å². The van der Waals surface area contributed by atoms with Gasteiger partial charge in [-0.3, -0.25) is 9.30 Å². The van der Waals surface area contributed by atoms with Crippen LogP contribution in [-0.2, 0) is 0 Å². The predicted octanol–water partition coefficient (Wildman–Crippen LogP) is 1.67. The van der Waals surface area contributed by atoms with Gasteiger partial charge in [0.2, 0.25) is 5.28 Å². The molecule has 0 spiro atoms. The predicted molar refractivity (Wildman–Crippen MR) is 69.8 cm³/mol. The Kier molecular flexibility index (Phi) is 3.20. The van der Waals surface area contributed by atoms with E-state index in [9.17, 15) is 0 Å². The zero-order valence-corrected chi connectivity index (χ0v) is 10.9. The molecule has 0 atom stereocenters. The van der Waals surface area contributed by atoms with E-state index in [2.05, 4.69) is 15.0 Å². The molecule has 0 unspecified atom stereocenters. The first-order valence-corrected chi connectivity index (χ1v) is 6.25. The molecular formula is C9H12ClN5S. The van der Waals surface area contributed by atoms with E-state index in [1.54, 1.807) is 18.2 Å². The van der Waals surface area contributed by atoms with Crippen molar-refractivity contribution in [1.82, 2.24) is 9.97 Å². The molecule has 7 heteroatoms. The molecule has 0 radical (unpaired) electrons. The largest absolute Gasteiger partial charge is 0.362 e. The number of fused-ring (bicyclic) bond motifs is 1. The maximum atomic E-state index is 5.92. The summed E-state index contributed by atoms with van der Waals surface area (Å²) >= 11 is 7.49. The molecule has 0 bridgehead atoms. The molecule has 2 rings (SSSR count). The van der Waals surface area contributed by atoms with E-state index in [1.807, 2.05) is 29.6 Å². The Morgan fingerprint density at radius 3 is 2.81 bits per heavy atom. The van der Waals surface area contributed by atoms with Gasteiger partial charge in [0.1, 0.15) is 12.5 Å². The van der Waals surface area contributed by atoms with Crippen LogP contribution in [0, 0.1) is 0 Å². The SMILES string of the molecule is CSN1CN=Cc2c(N(C)C)nc(Cl)nc21. The van der Waals surface area contributed by atoms with Gasteiger partial charge in [-0.1, -0.05) is 11.9 Å². The van der Waals surface area contributed by atoms with Crippen molar-refractivity contribution in [2.24, 2.45) is 4.99 Å². The highest BCUT2D eigenvalue weighted by atomic mass is 35.5. The first kappa shape index (κ1) is 11.5. The minimum absolute atomic E-state index is 0.261. The van der Waals surface area contributed by atoms with Gasteiger partial charge in [0.15, 0.2) is 5.82 Å². The van der Waals surface area contributed by atoms with E-state index in [-0.39, 0.29) is 5.28 Å². The molecule has 1 aliphatic heterocycles. The quantitative estimate of drug-likeness (QED) is 0.596. The third kappa shape index (κ3) is 1.94. The Labute approximate surface area is 104 Å². The number of hydrogen-bond acceptors (Lipinski definition) is 6. The van der Waals surface area contributed by atoms with Crippen molar-refractivity contribution in [3.63, 3.8) is 0 Å². The number of rotatable bonds is 2. The third-order valence-electron chi connectivity index (χ3n) is 2.19. The zero-order chi connectivity index (χ0) is 11.7. The second-order valence-corrected chi connectivity index (χ2v) is 4.61. The highest BCUT2D eigenvalue weighted by Crippen LogP contribution is 2.31. The molecule has 0 aromatic carbocycles. The molecule has 5 nitrogen and oxygen atoms in total. The Hall–Kier alpha value is -1.01. The fourth-order valence-electron chi connectivity index (χ4n) is 1.48. The molecule has 0 saturated heterocycles. The fraction of sp³-hybridized carbons (Fsp3) is 0.444. The Balaban J connectivity index is 2.60. The summed E-state index contributed by atoms with van der Waals surface area (Å²) in [5, 5.41) is 0.261. The first-order chi connectivity index (χ1) is 7.63. The molecular weight excluding hydrogens is 246 g/mol. The lowest BCUT2D eigenvalue weighted by Crippen LogP contribution is -2.24. The Morgan fingerprint density at radius 1 is 1.44 bits per heavy atom. The molecule has 0 amide bonds. The minimum atomic E-state index is 0.261. The highest BCUT2D eigenvalue weighted by molar-refractivity contribution is 7.99. The number of aromatic nitrogens is 2. The number of nitrogens with zero attached hydrogens (tertiary/aromatic N) is 5. The number of anilines is 2. The molecule has 0 aliphatic carbocycles. The number of hydrogen-bond donors (Lipinski definition) is 0. The molecule has 16 heavy (non-hydrogen) atoms. The maximum absolute atomic E-state index is 5.92. The summed E-state index contributed by atoms with van der Waals surface area (Å²) in [7, 11) is 3.84. The second kappa shape index (κ2) is 4.47. The minimum Gasteiger partial charge on any atom is -0.362 e. The van der Waals surface area contributed by atoms with Crippen molar-refractivity contribution in [3.05, 3.63) is 10.8 Å². The van der Waals surface area contributed by atoms with Crippen LogP contribution in [0.15, 0.2) is 4.99 Å². The van der Waals surface area contributed by atoms with E-state index in [4.69, 9.17) is 11.6 Å². The van der Waals surface area contributed by atoms with Gasteiger partial charge >= 0.3 is 0 Å². The van der Waals surface area contributed by atoms with Crippen molar-refractivity contribution in [2.75, 3.05) is 36.2 Å². The highest BCUT2D eigenvalue weighted by Gasteiger charge is 2.21. The van der Waals surface area contributed by atoms with E-state index in [0.29, 0.717) is 6.67 Å². The lowest BCUT2D eigenvalue weighted by molar-refractivity contribution is 0.969. The number of halogens is 1. The summed E-state index contributed by atoms with van der Waals surface area (Å²) in [6, 6.07) is 0.